The Labute approximate surface area is 159 Å². The summed E-state index contributed by atoms with van der Waals surface area (Å²) in [6, 6.07) is 16.1. The molecule has 0 fully saturated rings. The molecule has 27 heavy (non-hydrogen) atoms. The zero-order chi connectivity index (χ0) is 18.6. The molecule has 4 rings (SSSR count). The van der Waals surface area contributed by atoms with Crippen LogP contribution in [-0.4, -0.2) is 36.3 Å². The van der Waals surface area contributed by atoms with Gasteiger partial charge in [0.1, 0.15) is 15.6 Å². The molecule has 7 heteroatoms. The highest BCUT2D eigenvalue weighted by Gasteiger charge is 2.17. The standard InChI is InChI=1S/C20H17N3O3S/c1-25-10-9-21-19(24)17-12-22-20(27-17)18-15-8-7-14(11-16(15)26-23-18)13-5-3-2-4-6-13/h2-8,11-12H,9-10H2,1H3,(H,21,24). The number of thiazole rings is 1. The van der Waals surface area contributed by atoms with E-state index in [-0.39, 0.29) is 5.91 Å². The van der Waals surface area contributed by atoms with E-state index in [0.29, 0.717) is 34.3 Å². The minimum absolute atomic E-state index is 0.171. The first-order chi connectivity index (χ1) is 13.3. The van der Waals surface area contributed by atoms with E-state index in [0.717, 1.165) is 16.5 Å². The van der Waals surface area contributed by atoms with Crippen molar-refractivity contribution in [1.29, 1.82) is 0 Å². The SMILES string of the molecule is COCCNC(=O)c1cnc(-c2noc3cc(-c4ccccc4)ccc23)s1. The summed E-state index contributed by atoms with van der Waals surface area (Å²) in [6.45, 7) is 0.923. The Morgan fingerprint density at radius 2 is 2.04 bits per heavy atom. The monoisotopic (exact) mass is 379 g/mol. The molecule has 6 nitrogen and oxygen atoms in total. The number of benzene rings is 2. The van der Waals surface area contributed by atoms with Crippen molar-refractivity contribution in [2.24, 2.45) is 0 Å². The van der Waals surface area contributed by atoms with Gasteiger partial charge in [-0.2, -0.15) is 0 Å². The van der Waals surface area contributed by atoms with Gasteiger partial charge in [0.05, 0.1) is 18.2 Å². The van der Waals surface area contributed by atoms with Crippen molar-refractivity contribution in [3.63, 3.8) is 0 Å². The molecule has 2 heterocycles. The number of hydrogen-bond donors (Lipinski definition) is 1. The molecule has 0 radical (unpaired) electrons. The number of rotatable bonds is 6. The van der Waals surface area contributed by atoms with Crippen LogP contribution in [-0.2, 0) is 4.74 Å². The number of methoxy groups -OCH3 is 1. The largest absolute Gasteiger partial charge is 0.383 e. The number of ether oxygens (including phenoxy) is 1. The van der Waals surface area contributed by atoms with Crippen molar-refractivity contribution in [3.8, 4) is 21.8 Å². The number of aromatic nitrogens is 2. The lowest BCUT2D eigenvalue weighted by molar-refractivity contribution is 0.0941. The predicted octanol–water partition coefficient (Wildman–Crippen LogP) is 3.99. The second kappa shape index (κ2) is 7.69. The molecule has 0 bridgehead atoms. The Bertz CT molecular complexity index is 1070. The minimum atomic E-state index is -0.171. The fourth-order valence-corrected chi connectivity index (χ4v) is 3.57. The summed E-state index contributed by atoms with van der Waals surface area (Å²) in [5, 5.41) is 8.48. The van der Waals surface area contributed by atoms with Crippen LogP contribution in [0.5, 0.6) is 0 Å². The fraction of sp³-hybridized carbons (Fsp3) is 0.150. The van der Waals surface area contributed by atoms with Crippen LogP contribution in [0.15, 0.2) is 59.3 Å². The van der Waals surface area contributed by atoms with Gasteiger partial charge in [-0.15, -0.1) is 11.3 Å². The van der Waals surface area contributed by atoms with Crippen LogP contribution in [0.4, 0.5) is 0 Å². The van der Waals surface area contributed by atoms with E-state index in [1.165, 1.54) is 11.3 Å². The van der Waals surface area contributed by atoms with Gasteiger partial charge >= 0.3 is 0 Å². The topological polar surface area (TPSA) is 77.2 Å². The van der Waals surface area contributed by atoms with Gasteiger partial charge in [0.2, 0.25) is 0 Å². The van der Waals surface area contributed by atoms with Gasteiger partial charge in [0, 0.05) is 13.7 Å². The molecule has 0 spiro atoms. The molecular weight excluding hydrogens is 362 g/mol. The Morgan fingerprint density at radius 1 is 1.19 bits per heavy atom. The first kappa shape index (κ1) is 17.4. The number of fused-ring (bicyclic) bond motifs is 1. The van der Waals surface area contributed by atoms with E-state index in [2.05, 4.69) is 15.5 Å². The second-order valence-corrected chi connectivity index (χ2v) is 6.92. The Morgan fingerprint density at radius 3 is 2.85 bits per heavy atom. The highest BCUT2D eigenvalue weighted by molar-refractivity contribution is 7.17. The van der Waals surface area contributed by atoms with Gasteiger partial charge in [-0.3, -0.25) is 4.79 Å². The van der Waals surface area contributed by atoms with Crippen molar-refractivity contribution in [1.82, 2.24) is 15.5 Å². The lowest BCUT2D eigenvalue weighted by Crippen LogP contribution is -2.26. The van der Waals surface area contributed by atoms with Gasteiger partial charge in [-0.1, -0.05) is 41.6 Å². The molecule has 0 aliphatic heterocycles. The zero-order valence-electron chi connectivity index (χ0n) is 14.6. The Kier molecular flexibility index (Phi) is 4.95. The Hall–Kier alpha value is -3.03. The number of nitrogens with one attached hydrogen (secondary N) is 1. The fourth-order valence-electron chi connectivity index (χ4n) is 2.74. The maximum absolute atomic E-state index is 12.1. The third-order valence-electron chi connectivity index (χ3n) is 4.10. The molecule has 136 valence electrons. The summed E-state index contributed by atoms with van der Waals surface area (Å²) in [5.74, 6) is -0.171. The maximum Gasteiger partial charge on any atom is 0.263 e. The smallest absolute Gasteiger partial charge is 0.263 e. The molecule has 0 saturated heterocycles. The van der Waals surface area contributed by atoms with E-state index in [4.69, 9.17) is 9.26 Å². The number of amides is 1. The van der Waals surface area contributed by atoms with Crippen LogP contribution in [0.25, 0.3) is 32.8 Å². The summed E-state index contributed by atoms with van der Waals surface area (Å²) in [7, 11) is 1.59. The van der Waals surface area contributed by atoms with E-state index in [1.807, 2.05) is 48.5 Å². The molecule has 2 aromatic carbocycles. The maximum atomic E-state index is 12.1. The predicted molar refractivity (Wildman–Crippen MR) is 105 cm³/mol. The summed E-state index contributed by atoms with van der Waals surface area (Å²) < 4.78 is 10.4. The van der Waals surface area contributed by atoms with Crippen molar-refractivity contribution in [3.05, 3.63) is 59.6 Å². The van der Waals surface area contributed by atoms with Gasteiger partial charge in [0.25, 0.3) is 5.91 Å². The van der Waals surface area contributed by atoms with Crippen LogP contribution >= 0.6 is 11.3 Å². The minimum Gasteiger partial charge on any atom is -0.383 e. The number of carbonyl (C=O) groups excluding carboxylic acids is 1. The molecule has 1 amide bonds. The zero-order valence-corrected chi connectivity index (χ0v) is 15.5. The molecule has 1 N–H and O–H groups in total. The molecule has 0 unspecified atom stereocenters. The quantitative estimate of drug-likeness (QED) is 0.513. The summed E-state index contributed by atoms with van der Waals surface area (Å²) in [5.41, 5.74) is 3.50. The first-order valence-electron chi connectivity index (χ1n) is 8.44. The van der Waals surface area contributed by atoms with E-state index < -0.39 is 0 Å². The summed E-state index contributed by atoms with van der Waals surface area (Å²) >= 11 is 1.29. The van der Waals surface area contributed by atoms with Crippen molar-refractivity contribution in [2.75, 3.05) is 20.3 Å². The number of hydrogen-bond acceptors (Lipinski definition) is 6. The third kappa shape index (κ3) is 3.60. The molecule has 0 aliphatic rings. The van der Waals surface area contributed by atoms with Crippen LogP contribution in [0, 0.1) is 0 Å². The lowest BCUT2D eigenvalue weighted by atomic mass is 10.0. The highest BCUT2D eigenvalue weighted by Crippen LogP contribution is 2.33. The number of nitrogens with zero attached hydrogens (tertiary/aromatic N) is 2. The molecule has 0 saturated carbocycles. The van der Waals surface area contributed by atoms with Crippen LogP contribution in [0.3, 0.4) is 0 Å². The van der Waals surface area contributed by atoms with Crippen molar-refractivity contribution in [2.45, 2.75) is 0 Å². The first-order valence-corrected chi connectivity index (χ1v) is 9.26. The molecule has 2 aromatic heterocycles. The van der Waals surface area contributed by atoms with Crippen LogP contribution < -0.4 is 5.32 Å². The second-order valence-electron chi connectivity index (χ2n) is 5.89. The third-order valence-corrected chi connectivity index (χ3v) is 5.11. The summed E-state index contributed by atoms with van der Waals surface area (Å²) in [6.07, 6.45) is 1.56. The summed E-state index contributed by atoms with van der Waals surface area (Å²) in [4.78, 5) is 17.0. The lowest BCUT2D eigenvalue weighted by Gasteiger charge is -2.01. The van der Waals surface area contributed by atoms with Crippen LogP contribution in [0.1, 0.15) is 9.67 Å². The van der Waals surface area contributed by atoms with Gasteiger partial charge in [0.15, 0.2) is 5.58 Å². The Balaban J connectivity index is 1.60. The van der Waals surface area contributed by atoms with Crippen molar-refractivity contribution < 1.29 is 14.1 Å². The van der Waals surface area contributed by atoms with Gasteiger partial charge < -0.3 is 14.6 Å². The van der Waals surface area contributed by atoms with Gasteiger partial charge in [-0.05, 0) is 23.3 Å². The molecule has 0 atom stereocenters. The average Bonchev–Trinajstić information content (AvgIpc) is 3.35. The van der Waals surface area contributed by atoms with Crippen molar-refractivity contribution >= 4 is 28.2 Å². The van der Waals surface area contributed by atoms with E-state index in [9.17, 15) is 4.79 Å². The van der Waals surface area contributed by atoms with E-state index >= 15 is 0 Å². The van der Waals surface area contributed by atoms with Gasteiger partial charge in [-0.25, -0.2) is 4.98 Å². The molecule has 0 aliphatic carbocycles. The molecule has 4 aromatic rings. The number of carbonyl (C=O) groups is 1. The average molecular weight is 379 g/mol. The van der Waals surface area contributed by atoms with E-state index in [1.54, 1.807) is 13.3 Å². The highest BCUT2D eigenvalue weighted by atomic mass is 32.1. The van der Waals surface area contributed by atoms with Crippen LogP contribution in [0.2, 0.25) is 0 Å². The normalized spacial score (nSPS) is 11.0. The molecular formula is C20H17N3O3S.